The van der Waals surface area contributed by atoms with Gasteiger partial charge in [-0.25, -0.2) is 9.97 Å². The molecule has 2 aromatic rings. The Balaban J connectivity index is 2.88. The van der Waals surface area contributed by atoms with Gasteiger partial charge in [-0.2, -0.15) is 0 Å². The van der Waals surface area contributed by atoms with Crippen LogP contribution in [0.25, 0.3) is 10.9 Å². The number of hydrogen-bond donors (Lipinski definition) is 0. The van der Waals surface area contributed by atoms with Crippen LogP contribution in [-0.4, -0.2) is 15.0 Å². The number of rotatable bonds is 0. The lowest BCUT2D eigenvalue weighted by Gasteiger charge is -1.99. The Morgan fingerprint density at radius 2 is 2.00 bits per heavy atom. The van der Waals surface area contributed by atoms with Gasteiger partial charge in [-0.05, 0) is 19.9 Å². The van der Waals surface area contributed by atoms with Gasteiger partial charge < -0.3 is 0 Å². The zero-order chi connectivity index (χ0) is 8.55. The minimum Gasteiger partial charge on any atom is -0.259 e. The highest BCUT2D eigenvalue weighted by Gasteiger charge is 1.98. The number of fused-ring (bicyclic) bond motifs is 1. The van der Waals surface area contributed by atoms with E-state index in [0.29, 0.717) is 0 Å². The third kappa shape index (κ3) is 1.03. The molecule has 0 atom stereocenters. The molecular weight excluding hydrogens is 150 g/mol. The van der Waals surface area contributed by atoms with Crippen molar-refractivity contribution >= 4 is 10.9 Å². The molecule has 0 aliphatic carbocycles. The summed E-state index contributed by atoms with van der Waals surface area (Å²) in [6.07, 6.45) is 3.60. The van der Waals surface area contributed by atoms with E-state index in [0.717, 1.165) is 22.4 Å². The molecule has 0 aliphatic rings. The topological polar surface area (TPSA) is 38.7 Å². The molecule has 0 aromatic carbocycles. The zero-order valence-corrected chi connectivity index (χ0v) is 7.07. The predicted octanol–water partition coefficient (Wildman–Crippen LogP) is 1.64. The minimum atomic E-state index is 0.790. The summed E-state index contributed by atoms with van der Waals surface area (Å²) in [5, 5.41) is 1.05. The fraction of sp³-hybridized carbons (Fsp3) is 0.222. The molecular formula is C9H9N3. The van der Waals surface area contributed by atoms with Crippen LogP contribution in [0, 0.1) is 13.8 Å². The lowest BCUT2D eigenvalue weighted by molar-refractivity contribution is 1.07. The molecule has 2 heterocycles. The van der Waals surface area contributed by atoms with Gasteiger partial charge in [-0.15, -0.1) is 0 Å². The van der Waals surface area contributed by atoms with Crippen LogP contribution in [0.1, 0.15) is 11.5 Å². The maximum atomic E-state index is 4.30. The molecule has 2 rings (SSSR count). The third-order valence-corrected chi connectivity index (χ3v) is 1.80. The molecule has 3 nitrogen and oxygen atoms in total. The van der Waals surface area contributed by atoms with Crippen molar-refractivity contribution < 1.29 is 0 Å². The summed E-state index contributed by atoms with van der Waals surface area (Å²) in [5.41, 5.74) is 1.91. The monoisotopic (exact) mass is 159 g/mol. The van der Waals surface area contributed by atoms with E-state index in [1.807, 2.05) is 26.1 Å². The van der Waals surface area contributed by atoms with E-state index in [-0.39, 0.29) is 0 Å². The maximum Gasteiger partial charge on any atom is 0.125 e. The van der Waals surface area contributed by atoms with Crippen LogP contribution >= 0.6 is 0 Å². The van der Waals surface area contributed by atoms with Crippen molar-refractivity contribution in [3.63, 3.8) is 0 Å². The van der Waals surface area contributed by atoms with Gasteiger partial charge >= 0.3 is 0 Å². The summed E-state index contributed by atoms with van der Waals surface area (Å²) < 4.78 is 0. The third-order valence-electron chi connectivity index (χ3n) is 1.80. The van der Waals surface area contributed by atoms with Gasteiger partial charge in [0, 0.05) is 17.8 Å². The number of pyridine rings is 1. The van der Waals surface area contributed by atoms with Crippen molar-refractivity contribution in [1.82, 2.24) is 15.0 Å². The van der Waals surface area contributed by atoms with E-state index in [1.165, 1.54) is 0 Å². The molecule has 0 spiro atoms. The van der Waals surface area contributed by atoms with E-state index in [2.05, 4.69) is 15.0 Å². The number of aryl methyl sites for hydroxylation is 2. The summed E-state index contributed by atoms with van der Waals surface area (Å²) in [5.74, 6) is 0.790. The van der Waals surface area contributed by atoms with Crippen molar-refractivity contribution in [1.29, 1.82) is 0 Å². The maximum absolute atomic E-state index is 4.30. The van der Waals surface area contributed by atoms with Crippen LogP contribution in [0.4, 0.5) is 0 Å². The van der Waals surface area contributed by atoms with Gasteiger partial charge in [0.15, 0.2) is 0 Å². The molecule has 0 bridgehead atoms. The molecule has 0 aliphatic heterocycles. The molecule has 12 heavy (non-hydrogen) atoms. The van der Waals surface area contributed by atoms with Gasteiger partial charge in [0.1, 0.15) is 5.82 Å². The number of hydrogen-bond acceptors (Lipinski definition) is 3. The molecule has 0 radical (unpaired) electrons. The highest BCUT2D eigenvalue weighted by atomic mass is 14.9. The van der Waals surface area contributed by atoms with Gasteiger partial charge in [0.2, 0.25) is 0 Å². The summed E-state index contributed by atoms with van der Waals surface area (Å²) in [4.78, 5) is 12.6. The quantitative estimate of drug-likeness (QED) is 0.586. The van der Waals surface area contributed by atoms with Crippen molar-refractivity contribution in [2.45, 2.75) is 13.8 Å². The van der Waals surface area contributed by atoms with E-state index < -0.39 is 0 Å². The highest BCUT2D eigenvalue weighted by molar-refractivity contribution is 5.79. The van der Waals surface area contributed by atoms with Crippen LogP contribution in [0.2, 0.25) is 0 Å². The van der Waals surface area contributed by atoms with Crippen LogP contribution in [0.5, 0.6) is 0 Å². The van der Waals surface area contributed by atoms with Gasteiger partial charge in [-0.3, -0.25) is 4.98 Å². The molecule has 2 aromatic heterocycles. The summed E-state index contributed by atoms with van der Waals surface area (Å²) in [6, 6.07) is 1.92. The average Bonchev–Trinajstić information content (AvgIpc) is 2.07. The summed E-state index contributed by atoms with van der Waals surface area (Å²) >= 11 is 0. The van der Waals surface area contributed by atoms with E-state index >= 15 is 0 Å². The fourth-order valence-corrected chi connectivity index (χ4v) is 1.18. The molecule has 0 fully saturated rings. The van der Waals surface area contributed by atoms with Crippen LogP contribution in [0.15, 0.2) is 18.5 Å². The van der Waals surface area contributed by atoms with Crippen molar-refractivity contribution in [3.8, 4) is 0 Å². The van der Waals surface area contributed by atoms with Crippen molar-refractivity contribution in [3.05, 3.63) is 30.0 Å². The number of aromatic nitrogens is 3. The Morgan fingerprint density at radius 1 is 1.17 bits per heavy atom. The lowest BCUT2D eigenvalue weighted by atomic mass is 10.2. The molecule has 60 valence electrons. The predicted molar refractivity (Wildman–Crippen MR) is 46.8 cm³/mol. The van der Waals surface area contributed by atoms with E-state index in [4.69, 9.17) is 0 Å². The van der Waals surface area contributed by atoms with Crippen molar-refractivity contribution in [2.24, 2.45) is 0 Å². The number of nitrogens with zero attached hydrogens (tertiary/aromatic N) is 3. The lowest BCUT2D eigenvalue weighted by Crippen LogP contribution is -1.91. The summed E-state index contributed by atoms with van der Waals surface area (Å²) in [7, 11) is 0. The second-order valence-electron chi connectivity index (χ2n) is 2.75. The molecule has 0 amide bonds. The van der Waals surface area contributed by atoms with Crippen molar-refractivity contribution in [2.75, 3.05) is 0 Å². The zero-order valence-electron chi connectivity index (χ0n) is 7.07. The molecule has 0 saturated heterocycles. The Morgan fingerprint density at radius 3 is 2.83 bits per heavy atom. The second kappa shape index (κ2) is 2.52. The van der Waals surface area contributed by atoms with E-state index in [1.54, 1.807) is 6.20 Å². The first-order chi connectivity index (χ1) is 5.77. The Kier molecular flexibility index (Phi) is 1.50. The average molecular weight is 159 g/mol. The molecule has 0 unspecified atom stereocenters. The summed E-state index contributed by atoms with van der Waals surface area (Å²) in [6.45, 7) is 3.83. The molecule has 0 saturated carbocycles. The Hall–Kier alpha value is -1.51. The standard InChI is InChI=1S/C9H9N3/c1-6-9-8(3-4-10-6)5-11-7(2)12-9/h3-5H,1-2H3. The van der Waals surface area contributed by atoms with Crippen LogP contribution < -0.4 is 0 Å². The normalized spacial score (nSPS) is 10.5. The minimum absolute atomic E-state index is 0.790. The Bertz CT molecular complexity index is 423. The largest absolute Gasteiger partial charge is 0.259 e. The molecule has 3 heteroatoms. The smallest absolute Gasteiger partial charge is 0.125 e. The van der Waals surface area contributed by atoms with Crippen LogP contribution in [0.3, 0.4) is 0 Å². The first kappa shape index (κ1) is 7.16. The van der Waals surface area contributed by atoms with E-state index in [9.17, 15) is 0 Å². The second-order valence-corrected chi connectivity index (χ2v) is 2.75. The van der Waals surface area contributed by atoms with Gasteiger partial charge in [-0.1, -0.05) is 0 Å². The SMILES string of the molecule is Cc1ncc2ccnc(C)c2n1. The Labute approximate surface area is 70.5 Å². The van der Waals surface area contributed by atoms with Gasteiger partial charge in [0.25, 0.3) is 0 Å². The fourth-order valence-electron chi connectivity index (χ4n) is 1.18. The first-order valence-electron chi connectivity index (χ1n) is 3.82. The molecule has 0 N–H and O–H groups in total. The van der Waals surface area contributed by atoms with Crippen LogP contribution in [-0.2, 0) is 0 Å². The highest BCUT2D eigenvalue weighted by Crippen LogP contribution is 2.11. The van der Waals surface area contributed by atoms with Gasteiger partial charge in [0.05, 0.1) is 11.2 Å². The first-order valence-corrected chi connectivity index (χ1v) is 3.82.